The standard InChI is InChI=1S/C52H42N2/c1-5-14-36(15-6-2)38-22-26-40(27-23-38)53(41-28-24-39(25-29-41)37-16-8-7-9-17-37)42-31-33-51-47(34-42)46-19-11-13-21-50(46)54(51)43-30-32-45-44-18-10-12-20-48(44)52(3,4)49(45)35-43/h5-35H,1H2,2-4H3/b15-6-,36-14+. The van der Waals surface area contributed by atoms with Crippen LogP contribution in [0, 0.1) is 0 Å². The van der Waals surface area contributed by atoms with Crippen molar-refractivity contribution in [2.75, 3.05) is 4.90 Å². The normalized spacial score (nSPS) is 13.4. The number of hydrogen-bond donors (Lipinski definition) is 0. The van der Waals surface area contributed by atoms with Crippen LogP contribution in [0.25, 0.3) is 55.3 Å². The molecule has 7 aromatic carbocycles. The summed E-state index contributed by atoms with van der Waals surface area (Å²) in [6.07, 6.45) is 8.09. The molecule has 0 saturated heterocycles. The number of fused-ring (bicyclic) bond motifs is 6. The number of rotatable bonds is 8. The highest BCUT2D eigenvalue weighted by Crippen LogP contribution is 2.49. The molecule has 54 heavy (non-hydrogen) atoms. The van der Waals surface area contributed by atoms with E-state index >= 15 is 0 Å². The molecule has 1 aliphatic carbocycles. The largest absolute Gasteiger partial charge is 0.310 e. The van der Waals surface area contributed by atoms with Gasteiger partial charge in [-0.15, -0.1) is 0 Å². The SMILES string of the molecule is C=C/C=C(\C=C/C)c1ccc(N(c2ccc(-c3ccccc3)cc2)c2ccc3c(c2)c2ccccc2n3-c2ccc3c(c2)C(C)(C)c2ccccc2-3)cc1. The molecule has 1 aliphatic rings. The van der Waals surface area contributed by atoms with E-state index in [0.717, 1.165) is 28.2 Å². The van der Waals surface area contributed by atoms with Crippen molar-refractivity contribution < 1.29 is 0 Å². The fourth-order valence-electron chi connectivity index (χ4n) is 8.45. The number of anilines is 3. The molecular formula is C52H42N2. The number of aromatic nitrogens is 1. The van der Waals surface area contributed by atoms with Gasteiger partial charge in [-0.05, 0) is 112 Å². The average molecular weight is 695 g/mol. The maximum Gasteiger partial charge on any atom is 0.0542 e. The minimum Gasteiger partial charge on any atom is -0.310 e. The molecule has 0 unspecified atom stereocenters. The predicted octanol–water partition coefficient (Wildman–Crippen LogP) is 14.4. The molecular weight excluding hydrogens is 653 g/mol. The molecule has 0 atom stereocenters. The van der Waals surface area contributed by atoms with Gasteiger partial charge in [0.05, 0.1) is 11.0 Å². The summed E-state index contributed by atoms with van der Waals surface area (Å²) in [6, 6.07) is 60.0. The third-order valence-electron chi connectivity index (χ3n) is 11.1. The summed E-state index contributed by atoms with van der Waals surface area (Å²) in [5.41, 5.74) is 16.9. The number of para-hydroxylation sites is 1. The Labute approximate surface area is 318 Å². The molecule has 1 aromatic heterocycles. The second-order valence-electron chi connectivity index (χ2n) is 14.6. The van der Waals surface area contributed by atoms with Crippen molar-refractivity contribution >= 4 is 44.4 Å². The van der Waals surface area contributed by atoms with Crippen LogP contribution >= 0.6 is 0 Å². The van der Waals surface area contributed by atoms with Gasteiger partial charge in [-0.3, -0.25) is 0 Å². The smallest absolute Gasteiger partial charge is 0.0542 e. The Kier molecular flexibility index (Phi) is 8.24. The lowest BCUT2D eigenvalue weighted by Gasteiger charge is -2.26. The van der Waals surface area contributed by atoms with Crippen molar-refractivity contribution in [1.82, 2.24) is 4.57 Å². The molecule has 0 bridgehead atoms. The second-order valence-corrected chi connectivity index (χ2v) is 14.6. The molecule has 8 aromatic rings. The molecule has 0 spiro atoms. The summed E-state index contributed by atoms with van der Waals surface area (Å²) < 4.78 is 2.44. The van der Waals surface area contributed by atoms with Crippen molar-refractivity contribution in [2.24, 2.45) is 0 Å². The zero-order chi connectivity index (χ0) is 36.8. The summed E-state index contributed by atoms with van der Waals surface area (Å²) in [6.45, 7) is 10.7. The molecule has 0 fully saturated rings. The third-order valence-corrected chi connectivity index (χ3v) is 11.1. The van der Waals surface area contributed by atoms with Gasteiger partial charge < -0.3 is 9.47 Å². The highest BCUT2D eigenvalue weighted by Gasteiger charge is 2.35. The second kappa shape index (κ2) is 13.4. The number of allylic oxidation sites excluding steroid dienone is 5. The van der Waals surface area contributed by atoms with Crippen molar-refractivity contribution in [3.05, 3.63) is 211 Å². The topological polar surface area (TPSA) is 8.17 Å². The van der Waals surface area contributed by atoms with Gasteiger partial charge in [0.25, 0.3) is 0 Å². The van der Waals surface area contributed by atoms with Gasteiger partial charge in [-0.25, -0.2) is 0 Å². The van der Waals surface area contributed by atoms with Crippen molar-refractivity contribution in [3.8, 4) is 27.9 Å². The van der Waals surface area contributed by atoms with E-state index in [9.17, 15) is 0 Å². The Hall–Kier alpha value is -6.64. The molecule has 9 rings (SSSR count). The molecule has 1 heterocycles. The maximum atomic E-state index is 3.94. The first-order valence-electron chi connectivity index (χ1n) is 18.8. The van der Waals surface area contributed by atoms with E-state index in [1.165, 1.54) is 60.9 Å². The van der Waals surface area contributed by atoms with Crippen LogP contribution in [-0.2, 0) is 5.41 Å². The van der Waals surface area contributed by atoms with Crippen LogP contribution in [-0.4, -0.2) is 4.57 Å². The molecule has 0 saturated carbocycles. The molecule has 0 amide bonds. The highest BCUT2D eigenvalue weighted by molar-refractivity contribution is 6.10. The lowest BCUT2D eigenvalue weighted by atomic mass is 9.82. The molecule has 2 nitrogen and oxygen atoms in total. The van der Waals surface area contributed by atoms with E-state index in [0.29, 0.717) is 0 Å². The van der Waals surface area contributed by atoms with E-state index < -0.39 is 0 Å². The first-order valence-corrected chi connectivity index (χ1v) is 18.8. The molecule has 0 radical (unpaired) electrons. The lowest BCUT2D eigenvalue weighted by Crippen LogP contribution is -2.15. The van der Waals surface area contributed by atoms with E-state index in [1.807, 2.05) is 13.0 Å². The number of hydrogen-bond acceptors (Lipinski definition) is 1. The molecule has 2 heteroatoms. The summed E-state index contributed by atoms with van der Waals surface area (Å²) >= 11 is 0. The van der Waals surface area contributed by atoms with Crippen LogP contribution in [0.3, 0.4) is 0 Å². The number of nitrogens with zero attached hydrogens (tertiary/aromatic N) is 2. The Morgan fingerprint density at radius 2 is 1.20 bits per heavy atom. The molecule has 0 aliphatic heterocycles. The Bertz CT molecular complexity index is 2740. The van der Waals surface area contributed by atoms with Gasteiger partial charge >= 0.3 is 0 Å². The van der Waals surface area contributed by atoms with Crippen LogP contribution in [0.15, 0.2) is 195 Å². The Morgan fingerprint density at radius 1 is 0.574 bits per heavy atom. The van der Waals surface area contributed by atoms with Gasteiger partial charge in [-0.2, -0.15) is 0 Å². The summed E-state index contributed by atoms with van der Waals surface area (Å²) in [7, 11) is 0. The summed E-state index contributed by atoms with van der Waals surface area (Å²) in [4.78, 5) is 2.37. The first-order chi connectivity index (χ1) is 26.5. The minimum atomic E-state index is -0.0744. The van der Waals surface area contributed by atoms with Gasteiger partial charge in [0.1, 0.15) is 0 Å². The zero-order valence-corrected chi connectivity index (χ0v) is 31.0. The predicted molar refractivity (Wildman–Crippen MR) is 231 cm³/mol. The monoisotopic (exact) mass is 694 g/mol. The van der Waals surface area contributed by atoms with Crippen LogP contribution in [0.4, 0.5) is 17.1 Å². The quantitative estimate of drug-likeness (QED) is 0.144. The van der Waals surface area contributed by atoms with Crippen LogP contribution < -0.4 is 4.90 Å². The Morgan fingerprint density at radius 3 is 1.96 bits per heavy atom. The summed E-state index contributed by atoms with van der Waals surface area (Å²) in [5.74, 6) is 0. The Balaban J connectivity index is 1.19. The molecule has 260 valence electrons. The van der Waals surface area contributed by atoms with Crippen molar-refractivity contribution in [3.63, 3.8) is 0 Å². The van der Waals surface area contributed by atoms with Gasteiger partial charge in [0.2, 0.25) is 0 Å². The average Bonchev–Trinajstić information content (AvgIpc) is 3.66. The summed E-state index contributed by atoms with van der Waals surface area (Å²) in [5, 5.41) is 2.45. The van der Waals surface area contributed by atoms with Gasteiger partial charge in [0, 0.05) is 38.9 Å². The lowest BCUT2D eigenvalue weighted by molar-refractivity contribution is 0.660. The fraction of sp³-hybridized carbons (Fsp3) is 0.0769. The van der Waals surface area contributed by atoms with Gasteiger partial charge in [0.15, 0.2) is 0 Å². The van der Waals surface area contributed by atoms with E-state index in [1.54, 1.807) is 0 Å². The van der Waals surface area contributed by atoms with Gasteiger partial charge in [-0.1, -0.05) is 148 Å². The molecule has 0 N–H and O–H groups in total. The first kappa shape index (κ1) is 33.2. The van der Waals surface area contributed by atoms with Crippen LogP contribution in [0.2, 0.25) is 0 Å². The highest BCUT2D eigenvalue weighted by atomic mass is 15.1. The van der Waals surface area contributed by atoms with E-state index in [4.69, 9.17) is 0 Å². The van der Waals surface area contributed by atoms with E-state index in [-0.39, 0.29) is 5.41 Å². The van der Waals surface area contributed by atoms with Crippen LogP contribution in [0.5, 0.6) is 0 Å². The minimum absolute atomic E-state index is 0.0744. The maximum absolute atomic E-state index is 3.94. The van der Waals surface area contributed by atoms with E-state index in [2.05, 4.69) is 212 Å². The van der Waals surface area contributed by atoms with Crippen LogP contribution in [0.1, 0.15) is 37.5 Å². The fourth-order valence-corrected chi connectivity index (χ4v) is 8.45. The van der Waals surface area contributed by atoms with Crippen molar-refractivity contribution in [1.29, 1.82) is 0 Å². The third kappa shape index (κ3) is 5.50. The zero-order valence-electron chi connectivity index (χ0n) is 31.0. The van der Waals surface area contributed by atoms with Crippen molar-refractivity contribution in [2.45, 2.75) is 26.2 Å². The number of benzene rings is 7.